The van der Waals surface area contributed by atoms with Crippen molar-refractivity contribution < 1.29 is 14.0 Å². The molecule has 0 atom stereocenters. The maximum absolute atomic E-state index is 12.7. The minimum absolute atomic E-state index is 0.0204. The Kier molecular flexibility index (Phi) is 5.40. The van der Waals surface area contributed by atoms with Gasteiger partial charge in [0.05, 0.1) is 0 Å². The van der Waals surface area contributed by atoms with Gasteiger partial charge < -0.3 is 14.6 Å². The Labute approximate surface area is 160 Å². The molecule has 2 aromatic rings. The van der Waals surface area contributed by atoms with Gasteiger partial charge in [-0.15, -0.1) is 0 Å². The number of carbonyl (C=O) groups excluding carboxylic acids is 2. The number of amides is 2. The van der Waals surface area contributed by atoms with E-state index in [9.17, 15) is 9.59 Å². The minimum Gasteiger partial charge on any atom is -0.451 e. The highest BCUT2D eigenvalue weighted by molar-refractivity contribution is 5.92. The second-order valence-electron chi connectivity index (χ2n) is 8.26. The van der Waals surface area contributed by atoms with Crippen molar-refractivity contribution in [3.63, 3.8) is 0 Å². The number of rotatable bonds is 3. The van der Waals surface area contributed by atoms with Gasteiger partial charge >= 0.3 is 0 Å². The molecule has 0 bridgehead atoms. The highest BCUT2D eigenvalue weighted by atomic mass is 16.4. The summed E-state index contributed by atoms with van der Waals surface area (Å²) in [5, 5.41) is 2.92. The van der Waals surface area contributed by atoms with Crippen LogP contribution in [0.3, 0.4) is 0 Å². The van der Waals surface area contributed by atoms with Crippen LogP contribution in [-0.4, -0.2) is 35.8 Å². The molecule has 2 amide bonds. The third-order valence-electron chi connectivity index (χ3n) is 5.04. The molecule has 3 rings (SSSR count). The first-order valence-electron chi connectivity index (χ1n) is 9.51. The Balaban J connectivity index is 1.65. The molecule has 5 nitrogen and oxygen atoms in total. The number of hydrogen-bond donors (Lipinski definition) is 1. The Hall–Kier alpha value is -2.56. The predicted octanol–water partition coefficient (Wildman–Crippen LogP) is 3.98. The number of carbonyl (C=O) groups is 2. The van der Waals surface area contributed by atoms with Gasteiger partial charge in [0, 0.05) is 31.6 Å². The van der Waals surface area contributed by atoms with Crippen LogP contribution in [0.1, 0.15) is 56.7 Å². The molecule has 1 aromatic heterocycles. The lowest BCUT2D eigenvalue weighted by Gasteiger charge is -2.31. The van der Waals surface area contributed by atoms with Crippen molar-refractivity contribution in [2.45, 2.75) is 52.0 Å². The third kappa shape index (κ3) is 4.59. The third-order valence-corrected chi connectivity index (χ3v) is 5.04. The van der Waals surface area contributed by atoms with Gasteiger partial charge in [0.1, 0.15) is 5.76 Å². The zero-order valence-corrected chi connectivity index (χ0v) is 16.5. The fourth-order valence-corrected chi connectivity index (χ4v) is 3.41. The molecule has 0 unspecified atom stereocenters. The van der Waals surface area contributed by atoms with Crippen LogP contribution >= 0.6 is 0 Å². The summed E-state index contributed by atoms with van der Waals surface area (Å²) in [6.07, 6.45) is 1.54. The fraction of sp³-hybridized carbons (Fsp3) is 0.455. The molecular weight excluding hydrogens is 340 g/mol. The molecule has 0 aliphatic carbocycles. The average molecular weight is 368 g/mol. The maximum Gasteiger partial charge on any atom is 0.289 e. The van der Waals surface area contributed by atoms with Gasteiger partial charge in [0.2, 0.25) is 5.91 Å². The zero-order valence-electron chi connectivity index (χ0n) is 16.5. The summed E-state index contributed by atoms with van der Waals surface area (Å²) in [6, 6.07) is 12.0. The van der Waals surface area contributed by atoms with E-state index >= 15 is 0 Å². The zero-order chi connectivity index (χ0) is 19.6. The lowest BCUT2D eigenvalue weighted by molar-refractivity contribution is -0.119. The van der Waals surface area contributed by atoms with E-state index in [4.69, 9.17) is 4.42 Å². The molecule has 1 fully saturated rings. The minimum atomic E-state index is -0.0890. The van der Waals surface area contributed by atoms with E-state index in [2.05, 4.69) is 38.2 Å². The summed E-state index contributed by atoms with van der Waals surface area (Å²) < 4.78 is 5.84. The molecule has 1 aromatic carbocycles. The van der Waals surface area contributed by atoms with Crippen molar-refractivity contribution >= 4 is 11.8 Å². The number of likely N-dealkylation sites (tertiary alicyclic amines) is 1. The first-order chi connectivity index (χ1) is 12.7. The van der Waals surface area contributed by atoms with Crippen LogP contribution in [0.5, 0.6) is 0 Å². The van der Waals surface area contributed by atoms with Crippen LogP contribution in [-0.2, 0) is 10.2 Å². The second kappa shape index (κ2) is 7.59. The van der Waals surface area contributed by atoms with Crippen molar-refractivity contribution in [3.8, 4) is 11.3 Å². The second-order valence-corrected chi connectivity index (χ2v) is 8.26. The first-order valence-corrected chi connectivity index (χ1v) is 9.51. The number of benzene rings is 1. The molecule has 144 valence electrons. The first kappa shape index (κ1) is 19.2. The van der Waals surface area contributed by atoms with Crippen molar-refractivity contribution in [3.05, 3.63) is 47.7 Å². The highest BCUT2D eigenvalue weighted by Crippen LogP contribution is 2.28. The van der Waals surface area contributed by atoms with E-state index in [0.29, 0.717) is 24.6 Å². The Morgan fingerprint density at radius 2 is 1.67 bits per heavy atom. The van der Waals surface area contributed by atoms with E-state index in [1.54, 1.807) is 11.0 Å². The van der Waals surface area contributed by atoms with Crippen molar-refractivity contribution in [1.29, 1.82) is 0 Å². The van der Waals surface area contributed by atoms with Gasteiger partial charge in [0.15, 0.2) is 5.76 Å². The molecule has 27 heavy (non-hydrogen) atoms. The quantitative estimate of drug-likeness (QED) is 0.891. The molecule has 0 radical (unpaired) electrons. The van der Waals surface area contributed by atoms with Gasteiger partial charge in [-0.05, 0) is 36.0 Å². The molecule has 1 N–H and O–H groups in total. The van der Waals surface area contributed by atoms with Crippen molar-refractivity contribution in [2.24, 2.45) is 0 Å². The summed E-state index contributed by atoms with van der Waals surface area (Å²) in [4.78, 5) is 25.7. The molecule has 0 spiro atoms. The van der Waals surface area contributed by atoms with Gasteiger partial charge in [0.25, 0.3) is 5.91 Å². The van der Waals surface area contributed by atoms with Crippen LogP contribution in [0, 0.1) is 0 Å². The topological polar surface area (TPSA) is 62.6 Å². The van der Waals surface area contributed by atoms with Crippen molar-refractivity contribution in [1.82, 2.24) is 10.2 Å². The summed E-state index contributed by atoms with van der Waals surface area (Å²) >= 11 is 0. The molecule has 0 saturated carbocycles. The van der Waals surface area contributed by atoms with Crippen LogP contribution in [0.2, 0.25) is 0 Å². The summed E-state index contributed by atoms with van der Waals surface area (Å²) in [5.74, 6) is 0.955. The Morgan fingerprint density at radius 3 is 2.22 bits per heavy atom. The molecule has 1 aliphatic rings. The molecule has 1 saturated heterocycles. The Morgan fingerprint density at radius 1 is 1.04 bits per heavy atom. The Bertz CT molecular complexity index is 807. The molecule has 5 heteroatoms. The van der Waals surface area contributed by atoms with Crippen molar-refractivity contribution in [2.75, 3.05) is 13.1 Å². The van der Waals surface area contributed by atoms with E-state index in [0.717, 1.165) is 18.4 Å². The predicted molar refractivity (Wildman–Crippen MR) is 106 cm³/mol. The number of nitrogens with zero attached hydrogens (tertiary/aromatic N) is 1. The van der Waals surface area contributed by atoms with E-state index < -0.39 is 0 Å². The summed E-state index contributed by atoms with van der Waals surface area (Å²) in [6.45, 7) is 9.32. The van der Waals surface area contributed by atoms with Crippen LogP contribution in [0.25, 0.3) is 11.3 Å². The fourth-order valence-electron chi connectivity index (χ4n) is 3.41. The lowest BCUT2D eigenvalue weighted by atomic mass is 9.86. The van der Waals surface area contributed by atoms with Gasteiger partial charge in [-0.2, -0.15) is 0 Å². The number of furan rings is 1. The van der Waals surface area contributed by atoms with Gasteiger partial charge in [-0.1, -0.05) is 45.0 Å². The lowest BCUT2D eigenvalue weighted by Crippen LogP contribution is -2.46. The van der Waals surface area contributed by atoms with Crippen LogP contribution in [0.15, 0.2) is 40.8 Å². The monoisotopic (exact) mass is 368 g/mol. The maximum atomic E-state index is 12.7. The summed E-state index contributed by atoms with van der Waals surface area (Å²) in [5.41, 5.74) is 2.33. The van der Waals surface area contributed by atoms with Crippen LogP contribution < -0.4 is 5.32 Å². The number of nitrogens with one attached hydrogen (secondary N) is 1. The number of hydrogen-bond acceptors (Lipinski definition) is 3. The average Bonchev–Trinajstić information content (AvgIpc) is 3.11. The number of piperidine rings is 1. The van der Waals surface area contributed by atoms with E-state index in [1.165, 1.54) is 12.5 Å². The van der Waals surface area contributed by atoms with Gasteiger partial charge in [-0.25, -0.2) is 0 Å². The van der Waals surface area contributed by atoms with E-state index in [1.807, 2.05) is 18.2 Å². The normalized spacial score (nSPS) is 15.6. The SMILES string of the molecule is CC(=O)NC1CCN(C(=O)c2ccc(-c3ccc(C(C)(C)C)cc3)o2)CC1. The van der Waals surface area contributed by atoms with Crippen LogP contribution in [0.4, 0.5) is 0 Å². The molecule has 2 heterocycles. The van der Waals surface area contributed by atoms with Gasteiger partial charge in [-0.3, -0.25) is 9.59 Å². The standard InChI is InChI=1S/C22H28N2O3/c1-15(25)23-18-11-13-24(14-12-18)21(26)20-10-9-19(27-20)16-5-7-17(8-6-16)22(2,3)4/h5-10,18H,11-14H2,1-4H3,(H,23,25). The summed E-state index contributed by atoms with van der Waals surface area (Å²) in [7, 11) is 0. The molecule has 1 aliphatic heterocycles. The molecular formula is C22H28N2O3. The van der Waals surface area contributed by atoms with E-state index in [-0.39, 0.29) is 23.3 Å². The smallest absolute Gasteiger partial charge is 0.289 e. The largest absolute Gasteiger partial charge is 0.451 e. The highest BCUT2D eigenvalue weighted by Gasteiger charge is 2.26.